The van der Waals surface area contributed by atoms with E-state index in [2.05, 4.69) is 0 Å². The molecular weight excluding hydrogens is 318 g/mol. The fraction of sp³-hybridized carbons (Fsp3) is 0.350. The molecule has 1 fully saturated rings. The number of carbonyl (C=O) groups is 1. The van der Waals surface area contributed by atoms with E-state index in [0.29, 0.717) is 30.2 Å². The van der Waals surface area contributed by atoms with Crippen LogP contribution in [0.25, 0.3) is 0 Å². The lowest BCUT2D eigenvalue weighted by Crippen LogP contribution is -2.46. The number of methoxy groups -OCH3 is 2. The predicted octanol–water partition coefficient (Wildman–Crippen LogP) is 3.31. The summed E-state index contributed by atoms with van der Waals surface area (Å²) in [6.07, 6.45) is -0.176. The van der Waals surface area contributed by atoms with Crippen molar-refractivity contribution < 1.29 is 19.0 Å². The third-order valence-corrected chi connectivity index (χ3v) is 4.35. The van der Waals surface area contributed by atoms with Crippen LogP contribution in [-0.4, -0.2) is 44.2 Å². The maximum atomic E-state index is 13.1. The van der Waals surface area contributed by atoms with Gasteiger partial charge in [0.05, 0.1) is 32.4 Å². The number of carbonyl (C=O) groups excluding carboxylic acids is 1. The van der Waals surface area contributed by atoms with Crippen molar-refractivity contribution in [1.29, 1.82) is 0 Å². The van der Waals surface area contributed by atoms with E-state index in [4.69, 9.17) is 14.2 Å². The molecule has 1 heterocycles. The summed E-state index contributed by atoms with van der Waals surface area (Å²) in [6.45, 7) is 3.04. The third-order valence-electron chi connectivity index (χ3n) is 4.35. The summed E-state index contributed by atoms with van der Waals surface area (Å²) in [5, 5.41) is 0. The fourth-order valence-corrected chi connectivity index (χ4v) is 3.19. The standard InChI is InChI=1S/C20H23NO4/c1-14-12-21(13-18(25-14)15-8-5-4-6-9-15)20(22)16-10-7-11-17(23-2)19(16)24-3/h4-11,14,18H,12-13H2,1-3H3/t14-,18+/m0/s1. The average molecular weight is 341 g/mol. The van der Waals surface area contributed by atoms with Gasteiger partial charge in [0.1, 0.15) is 6.10 Å². The van der Waals surface area contributed by atoms with E-state index in [9.17, 15) is 4.79 Å². The molecule has 5 nitrogen and oxygen atoms in total. The van der Waals surface area contributed by atoms with E-state index in [0.717, 1.165) is 5.56 Å². The van der Waals surface area contributed by atoms with Crippen molar-refractivity contribution in [1.82, 2.24) is 4.90 Å². The van der Waals surface area contributed by atoms with Crippen LogP contribution in [0.5, 0.6) is 11.5 Å². The highest BCUT2D eigenvalue weighted by atomic mass is 16.5. The van der Waals surface area contributed by atoms with Crippen molar-refractivity contribution in [2.75, 3.05) is 27.3 Å². The number of rotatable bonds is 4. The van der Waals surface area contributed by atoms with Gasteiger partial charge in [-0.3, -0.25) is 4.79 Å². The normalized spacial score (nSPS) is 20.2. The van der Waals surface area contributed by atoms with Gasteiger partial charge < -0.3 is 19.1 Å². The Bertz CT molecular complexity index is 732. The molecule has 1 amide bonds. The predicted molar refractivity (Wildman–Crippen MR) is 95.2 cm³/mol. The minimum atomic E-state index is -0.134. The van der Waals surface area contributed by atoms with E-state index < -0.39 is 0 Å². The number of hydrogen-bond donors (Lipinski definition) is 0. The van der Waals surface area contributed by atoms with Crippen LogP contribution in [0.1, 0.15) is 28.9 Å². The highest BCUT2D eigenvalue weighted by molar-refractivity contribution is 5.98. The number of amides is 1. The van der Waals surface area contributed by atoms with Gasteiger partial charge in [-0.15, -0.1) is 0 Å². The molecule has 1 saturated heterocycles. The van der Waals surface area contributed by atoms with Crippen molar-refractivity contribution in [2.24, 2.45) is 0 Å². The SMILES string of the molecule is COc1cccc(C(=O)N2C[C@H](C)O[C@@H](c3ccccc3)C2)c1OC. The van der Waals surface area contributed by atoms with Crippen molar-refractivity contribution in [3.05, 3.63) is 59.7 Å². The second-order valence-electron chi connectivity index (χ2n) is 6.10. The molecule has 0 radical (unpaired) electrons. The van der Waals surface area contributed by atoms with E-state index in [1.54, 1.807) is 32.4 Å². The quantitative estimate of drug-likeness (QED) is 0.856. The smallest absolute Gasteiger partial charge is 0.257 e. The van der Waals surface area contributed by atoms with Crippen molar-refractivity contribution >= 4 is 5.91 Å². The first kappa shape index (κ1) is 17.3. The molecule has 0 aromatic heterocycles. The summed E-state index contributed by atoms with van der Waals surface area (Å²) in [6, 6.07) is 15.3. The van der Waals surface area contributed by atoms with Crippen LogP contribution in [0, 0.1) is 0 Å². The lowest BCUT2D eigenvalue weighted by molar-refractivity contribution is -0.0692. The second-order valence-corrected chi connectivity index (χ2v) is 6.10. The zero-order chi connectivity index (χ0) is 17.8. The van der Waals surface area contributed by atoms with Crippen LogP contribution in [0.3, 0.4) is 0 Å². The molecule has 0 aliphatic carbocycles. The molecule has 5 heteroatoms. The molecule has 0 unspecified atom stereocenters. The van der Waals surface area contributed by atoms with Crippen LogP contribution < -0.4 is 9.47 Å². The van der Waals surface area contributed by atoms with Crippen LogP contribution in [-0.2, 0) is 4.74 Å². The number of hydrogen-bond acceptors (Lipinski definition) is 4. The molecular formula is C20H23NO4. The Labute approximate surface area is 148 Å². The van der Waals surface area contributed by atoms with Crippen molar-refractivity contribution in [3.8, 4) is 11.5 Å². The fourth-order valence-electron chi connectivity index (χ4n) is 3.19. The van der Waals surface area contributed by atoms with Gasteiger partial charge in [-0.1, -0.05) is 36.4 Å². The van der Waals surface area contributed by atoms with Crippen molar-refractivity contribution in [2.45, 2.75) is 19.1 Å². The monoisotopic (exact) mass is 341 g/mol. The number of benzene rings is 2. The Kier molecular flexibility index (Phi) is 5.24. The topological polar surface area (TPSA) is 48.0 Å². The van der Waals surface area contributed by atoms with Gasteiger partial charge in [-0.25, -0.2) is 0 Å². The molecule has 1 aliphatic heterocycles. The van der Waals surface area contributed by atoms with Crippen LogP contribution in [0.15, 0.2) is 48.5 Å². The molecule has 25 heavy (non-hydrogen) atoms. The maximum Gasteiger partial charge on any atom is 0.257 e. The maximum absolute atomic E-state index is 13.1. The number of morpholine rings is 1. The van der Waals surface area contributed by atoms with Crippen molar-refractivity contribution in [3.63, 3.8) is 0 Å². The molecule has 0 N–H and O–H groups in total. The van der Waals surface area contributed by atoms with Crippen LogP contribution in [0.4, 0.5) is 0 Å². The lowest BCUT2D eigenvalue weighted by atomic mass is 10.1. The largest absolute Gasteiger partial charge is 0.493 e. The highest BCUT2D eigenvalue weighted by Crippen LogP contribution is 2.33. The lowest BCUT2D eigenvalue weighted by Gasteiger charge is -2.37. The minimum Gasteiger partial charge on any atom is -0.493 e. The Hall–Kier alpha value is -2.53. The molecule has 0 spiro atoms. The molecule has 2 atom stereocenters. The number of para-hydroxylation sites is 1. The molecule has 0 bridgehead atoms. The Morgan fingerprint density at radius 3 is 2.48 bits per heavy atom. The second kappa shape index (κ2) is 7.57. The summed E-state index contributed by atoms with van der Waals surface area (Å²) < 4.78 is 16.8. The van der Waals surface area contributed by atoms with Crippen LogP contribution in [0.2, 0.25) is 0 Å². The Balaban J connectivity index is 1.87. The molecule has 132 valence electrons. The minimum absolute atomic E-state index is 0.0421. The average Bonchev–Trinajstić information content (AvgIpc) is 2.66. The van der Waals surface area contributed by atoms with Gasteiger partial charge in [0.2, 0.25) is 0 Å². The molecule has 0 saturated carbocycles. The molecule has 2 aromatic carbocycles. The summed E-state index contributed by atoms with van der Waals surface area (Å²) in [5.41, 5.74) is 1.58. The first-order valence-electron chi connectivity index (χ1n) is 8.34. The van der Waals surface area contributed by atoms with Gasteiger partial charge in [0.15, 0.2) is 11.5 Å². The summed E-state index contributed by atoms with van der Waals surface area (Å²) in [5.74, 6) is 0.937. The molecule has 2 aromatic rings. The zero-order valence-electron chi connectivity index (χ0n) is 14.8. The van der Waals surface area contributed by atoms with E-state index in [1.165, 1.54) is 0 Å². The number of ether oxygens (including phenoxy) is 3. The molecule has 1 aliphatic rings. The Morgan fingerprint density at radius 1 is 1.04 bits per heavy atom. The Morgan fingerprint density at radius 2 is 1.80 bits per heavy atom. The van der Waals surface area contributed by atoms with Gasteiger partial charge in [0.25, 0.3) is 5.91 Å². The summed E-state index contributed by atoms with van der Waals surface area (Å²) in [4.78, 5) is 14.9. The van der Waals surface area contributed by atoms with E-state index in [1.807, 2.05) is 42.2 Å². The van der Waals surface area contributed by atoms with E-state index in [-0.39, 0.29) is 18.1 Å². The first-order chi connectivity index (χ1) is 12.1. The summed E-state index contributed by atoms with van der Waals surface area (Å²) >= 11 is 0. The summed E-state index contributed by atoms with van der Waals surface area (Å²) in [7, 11) is 3.11. The third kappa shape index (κ3) is 3.61. The zero-order valence-corrected chi connectivity index (χ0v) is 14.8. The first-order valence-corrected chi connectivity index (χ1v) is 8.34. The van der Waals surface area contributed by atoms with Crippen LogP contribution >= 0.6 is 0 Å². The van der Waals surface area contributed by atoms with Gasteiger partial charge in [0, 0.05) is 6.54 Å². The number of nitrogens with zero attached hydrogens (tertiary/aromatic N) is 1. The van der Waals surface area contributed by atoms with Gasteiger partial charge >= 0.3 is 0 Å². The molecule has 3 rings (SSSR count). The van der Waals surface area contributed by atoms with Gasteiger partial charge in [-0.05, 0) is 24.6 Å². The van der Waals surface area contributed by atoms with Gasteiger partial charge in [-0.2, -0.15) is 0 Å². The van der Waals surface area contributed by atoms with E-state index >= 15 is 0 Å². The highest BCUT2D eigenvalue weighted by Gasteiger charge is 2.31.